The molecule has 3 aromatic rings. The van der Waals surface area contributed by atoms with Crippen LogP contribution in [0.2, 0.25) is 5.04 Å². The minimum Gasteiger partial charge on any atom is -0.496 e. The normalized spacial score (nSPS) is 13.2. The molecule has 140 valence electrons. The fourth-order valence-electron chi connectivity index (χ4n) is 4.29. The Morgan fingerprint density at radius 2 is 1.19 bits per heavy atom. The molecule has 0 fully saturated rings. The van der Waals surface area contributed by atoms with E-state index in [1.54, 1.807) is 7.11 Å². The fourth-order valence-corrected chi connectivity index (χ4v) is 9.94. The van der Waals surface area contributed by atoms with Gasteiger partial charge in [-0.15, -0.1) is 0 Å². The lowest BCUT2D eigenvalue weighted by atomic mass is 10.2. The molecule has 1 unspecified atom stereocenters. The maximum Gasteiger partial charge on any atom is 0.159 e. The molecule has 0 aromatic heterocycles. The van der Waals surface area contributed by atoms with Gasteiger partial charge in [0.05, 0.1) is 12.8 Å². The molecule has 0 aliphatic rings. The minimum atomic E-state index is -2.67. The van der Waals surface area contributed by atoms with Crippen LogP contribution in [-0.4, -0.2) is 20.3 Å². The van der Waals surface area contributed by atoms with Gasteiger partial charge in [-0.05, 0) is 11.1 Å². The van der Waals surface area contributed by atoms with E-state index in [4.69, 9.17) is 4.74 Å². The molecule has 0 spiro atoms. The smallest absolute Gasteiger partial charge is 0.159 e. The number of benzene rings is 3. The molecule has 0 bridgehead atoms. The topological polar surface area (TPSA) is 29.5 Å². The van der Waals surface area contributed by atoms with Crippen molar-refractivity contribution in [2.45, 2.75) is 31.5 Å². The zero-order chi connectivity index (χ0) is 19.5. The van der Waals surface area contributed by atoms with Crippen molar-refractivity contribution in [1.29, 1.82) is 0 Å². The SMILES string of the molecule is COc1ccccc1C(O)[Si](c1ccccc1)(c1ccccc1)C(C)(C)C. The first-order valence-corrected chi connectivity index (χ1v) is 11.4. The van der Waals surface area contributed by atoms with E-state index in [1.807, 2.05) is 36.4 Å². The van der Waals surface area contributed by atoms with E-state index in [9.17, 15) is 5.11 Å². The Balaban J connectivity index is 2.36. The van der Waals surface area contributed by atoms with Gasteiger partial charge >= 0.3 is 0 Å². The first-order valence-electron chi connectivity index (χ1n) is 9.35. The summed E-state index contributed by atoms with van der Waals surface area (Å²) in [6.07, 6.45) is 0. The van der Waals surface area contributed by atoms with Gasteiger partial charge in [-0.1, -0.05) is 110 Å². The van der Waals surface area contributed by atoms with Gasteiger partial charge < -0.3 is 9.84 Å². The third-order valence-electron chi connectivity index (χ3n) is 5.48. The average molecular weight is 377 g/mol. The van der Waals surface area contributed by atoms with Crippen LogP contribution in [0, 0.1) is 0 Å². The van der Waals surface area contributed by atoms with Crippen molar-refractivity contribution in [2.75, 3.05) is 7.11 Å². The Morgan fingerprint density at radius 3 is 1.63 bits per heavy atom. The first kappa shape index (κ1) is 19.4. The zero-order valence-electron chi connectivity index (χ0n) is 16.5. The molecule has 0 amide bonds. The van der Waals surface area contributed by atoms with Gasteiger partial charge in [0.15, 0.2) is 8.07 Å². The molecule has 0 aliphatic carbocycles. The second-order valence-electron chi connectivity index (χ2n) is 7.93. The van der Waals surface area contributed by atoms with Crippen molar-refractivity contribution in [1.82, 2.24) is 0 Å². The van der Waals surface area contributed by atoms with Crippen LogP contribution in [0.3, 0.4) is 0 Å². The van der Waals surface area contributed by atoms with Crippen molar-refractivity contribution < 1.29 is 9.84 Å². The predicted octanol–water partition coefficient (Wildman–Crippen LogP) is 4.33. The van der Waals surface area contributed by atoms with Gasteiger partial charge in [-0.2, -0.15) is 0 Å². The first-order chi connectivity index (χ1) is 12.9. The number of hydrogen-bond donors (Lipinski definition) is 1. The van der Waals surface area contributed by atoms with Crippen LogP contribution in [0.5, 0.6) is 5.75 Å². The summed E-state index contributed by atoms with van der Waals surface area (Å²) in [7, 11) is -1.00. The van der Waals surface area contributed by atoms with Crippen LogP contribution in [-0.2, 0) is 0 Å². The van der Waals surface area contributed by atoms with Crippen molar-refractivity contribution in [3.63, 3.8) is 0 Å². The van der Waals surface area contributed by atoms with Crippen LogP contribution >= 0.6 is 0 Å². The van der Waals surface area contributed by atoms with E-state index in [0.717, 1.165) is 11.3 Å². The van der Waals surface area contributed by atoms with Crippen LogP contribution < -0.4 is 15.1 Å². The summed E-state index contributed by atoms with van der Waals surface area (Å²) >= 11 is 0. The molecule has 1 N–H and O–H groups in total. The van der Waals surface area contributed by atoms with Crippen LogP contribution in [0.4, 0.5) is 0 Å². The Kier molecular flexibility index (Phi) is 5.54. The van der Waals surface area contributed by atoms with E-state index in [-0.39, 0.29) is 5.04 Å². The summed E-state index contributed by atoms with van der Waals surface area (Å²) in [6, 6.07) is 28.9. The fraction of sp³-hybridized carbons (Fsp3) is 0.250. The number of aliphatic hydroxyl groups is 1. The Labute approximate surface area is 163 Å². The number of methoxy groups -OCH3 is 1. The molecule has 1 atom stereocenters. The molecule has 3 heteroatoms. The van der Waals surface area contributed by atoms with Crippen molar-refractivity contribution in [3.8, 4) is 5.75 Å². The quantitative estimate of drug-likeness (QED) is 0.672. The highest BCUT2D eigenvalue weighted by atomic mass is 28.3. The standard InChI is InChI=1S/C24H28O2Si/c1-24(2,3)27(19-13-7-5-8-14-19,20-15-9-6-10-16-20)23(25)21-17-11-12-18-22(21)26-4/h5-18,23,25H,1-4H3. The van der Waals surface area contributed by atoms with Crippen molar-refractivity contribution >= 4 is 18.4 Å². The Hall–Kier alpha value is -2.36. The van der Waals surface area contributed by atoms with E-state index < -0.39 is 13.8 Å². The van der Waals surface area contributed by atoms with Gasteiger partial charge in [0.2, 0.25) is 0 Å². The lowest BCUT2D eigenvalue weighted by Crippen LogP contribution is -2.68. The lowest BCUT2D eigenvalue weighted by Gasteiger charge is -2.47. The van der Waals surface area contributed by atoms with Crippen LogP contribution in [0.15, 0.2) is 84.9 Å². The Bertz CT molecular complexity index is 830. The van der Waals surface area contributed by atoms with Gasteiger partial charge in [-0.25, -0.2) is 0 Å². The molecule has 0 heterocycles. The molecule has 0 aliphatic heterocycles. The van der Waals surface area contributed by atoms with E-state index >= 15 is 0 Å². The van der Waals surface area contributed by atoms with Crippen molar-refractivity contribution in [3.05, 3.63) is 90.5 Å². The second kappa shape index (κ2) is 7.71. The van der Waals surface area contributed by atoms with E-state index in [1.165, 1.54) is 10.4 Å². The Morgan fingerprint density at radius 1 is 0.741 bits per heavy atom. The molecule has 3 aromatic carbocycles. The average Bonchev–Trinajstić information content (AvgIpc) is 2.69. The summed E-state index contributed by atoms with van der Waals surface area (Å²) < 4.78 is 5.61. The van der Waals surface area contributed by atoms with Gasteiger partial charge in [0.25, 0.3) is 0 Å². The molecular weight excluding hydrogens is 348 g/mol. The van der Waals surface area contributed by atoms with Crippen molar-refractivity contribution in [2.24, 2.45) is 0 Å². The van der Waals surface area contributed by atoms with Gasteiger partial charge in [-0.3, -0.25) is 0 Å². The summed E-state index contributed by atoms with van der Waals surface area (Å²) in [5, 5.41) is 14.3. The summed E-state index contributed by atoms with van der Waals surface area (Å²) in [5.41, 5.74) is 0.216. The molecular formula is C24H28O2Si. The molecule has 3 rings (SSSR count). The number of ether oxygens (including phenoxy) is 1. The van der Waals surface area contributed by atoms with Gasteiger partial charge in [0.1, 0.15) is 5.75 Å². The molecule has 27 heavy (non-hydrogen) atoms. The maximum absolute atomic E-state index is 12.0. The summed E-state index contributed by atoms with van der Waals surface area (Å²) in [5.74, 6) is 0.734. The van der Waals surface area contributed by atoms with Gasteiger partial charge in [0, 0.05) is 5.56 Å². The van der Waals surface area contributed by atoms with Crippen LogP contribution in [0.1, 0.15) is 32.1 Å². The maximum atomic E-state index is 12.0. The van der Waals surface area contributed by atoms with E-state index in [0.29, 0.717) is 0 Å². The number of para-hydroxylation sites is 1. The highest BCUT2D eigenvalue weighted by Crippen LogP contribution is 2.45. The second-order valence-corrected chi connectivity index (χ2v) is 12.8. The zero-order valence-corrected chi connectivity index (χ0v) is 17.5. The number of hydrogen-bond acceptors (Lipinski definition) is 2. The molecule has 0 radical (unpaired) electrons. The highest BCUT2D eigenvalue weighted by Gasteiger charge is 2.54. The largest absolute Gasteiger partial charge is 0.496 e. The predicted molar refractivity (Wildman–Crippen MR) is 116 cm³/mol. The van der Waals surface area contributed by atoms with Crippen LogP contribution in [0.25, 0.3) is 0 Å². The van der Waals surface area contributed by atoms with E-state index in [2.05, 4.69) is 69.3 Å². The lowest BCUT2D eigenvalue weighted by molar-refractivity contribution is 0.240. The number of rotatable bonds is 5. The third kappa shape index (κ3) is 3.33. The summed E-state index contributed by atoms with van der Waals surface area (Å²) in [6.45, 7) is 6.74. The highest BCUT2D eigenvalue weighted by molar-refractivity contribution is 7.04. The molecule has 0 saturated carbocycles. The third-order valence-corrected chi connectivity index (χ3v) is 11.5. The number of aliphatic hydroxyl groups excluding tert-OH is 1. The molecule has 0 saturated heterocycles. The summed E-state index contributed by atoms with van der Waals surface area (Å²) in [4.78, 5) is 0. The monoisotopic (exact) mass is 376 g/mol. The molecule has 2 nitrogen and oxygen atoms in total. The minimum absolute atomic E-state index is 0.129.